The fourth-order valence-corrected chi connectivity index (χ4v) is 1.71. The van der Waals surface area contributed by atoms with Gasteiger partial charge >= 0.3 is 0 Å². The predicted octanol–water partition coefficient (Wildman–Crippen LogP) is 3.46. The van der Waals surface area contributed by atoms with E-state index in [2.05, 4.69) is 4.98 Å². The van der Waals surface area contributed by atoms with E-state index in [9.17, 15) is 4.39 Å². The average Bonchev–Trinajstić information content (AvgIpc) is 2.70. The number of aromatic nitrogens is 2. The predicted molar refractivity (Wildman–Crippen MR) is 62.3 cm³/mol. The molecule has 1 aromatic carbocycles. The molecule has 0 saturated heterocycles. The summed E-state index contributed by atoms with van der Waals surface area (Å²) in [6.07, 6.45) is 3.42. The molecule has 2 rings (SSSR count). The van der Waals surface area contributed by atoms with E-state index in [0.29, 0.717) is 23.0 Å². The molecular formula is C11H9Cl2FN2. The highest BCUT2D eigenvalue weighted by Gasteiger charge is 2.04. The number of halogens is 3. The zero-order valence-corrected chi connectivity index (χ0v) is 9.84. The molecule has 0 radical (unpaired) electrons. The van der Waals surface area contributed by atoms with E-state index in [1.807, 2.05) is 0 Å². The lowest BCUT2D eigenvalue weighted by Gasteiger charge is -2.04. The Morgan fingerprint density at radius 2 is 2.19 bits per heavy atom. The summed E-state index contributed by atoms with van der Waals surface area (Å²) >= 11 is 11.3. The Balaban J connectivity index is 2.20. The SMILES string of the molecule is Fc1cc(Cl)ccc1Cn1cnc(CCl)c1. The van der Waals surface area contributed by atoms with Crippen molar-refractivity contribution >= 4 is 23.2 Å². The Kier molecular flexibility index (Phi) is 3.46. The highest BCUT2D eigenvalue weighted by atomic mass is 35.5. The van der Waals surface area contributed by atoms with Crippen LogP contribution in [0.3, 0.4) is 0 Å². The van der Waals surface area contributed by atoms with Gasteiger partial charge < -0.3 is 4.57 Å². The molecule has 0 fully saturated rings. The summed E-state index contributed by atoms with van der Waals surface area (Å²) in [6.45, 7) is 0.424. The number of benzene rings is 1. The maximum Gasteiger partial charge on any atom is 0.129 e. The lowest BCUT2D eigenvalue weighted by molar-refractivity contribution is 0.599. The molecule has 16 heavy (non-hydrogen) atoms. The van der Waals surface area contributed by atoms with Gasteiger partial charge in [0.1, 0.15) is 5.82 Å². The Bertz CT molecular complexity index is 496. The molecule has 0 aliphatic rings. The van der Waals surface area contributed by atoms with Crippen molar-refractivity contribution in [2.24, 2.45) is 0 Å². The largest absolute Gasteiger partial charge is 0.333 e. The highest BCUT2D eigenvalue weighted by Crippen LogP contribution is 2.15. The Hall–Kier alpha value is -1.06. The Morgan fingerprint density at radius 1 is 1.38 bits per heavy atom. The van der Waals surface area contributed by atoms with Crippen molar-refractivity contribution < 1.29 is 4.39 Å². The molecule has 84 valence electrons. The first-order valence-corrected chi connectivity index (χ1v) is 5.61. The van der Waals surface area contributed by atoms with Crippen LogP contribution in [-0.2, 0) is 12.4 Å². The molecule has 5 heteroatoms. The van der Waals surface area contributed by atoms with Crippen molar-refractivity contribution in [3.05, 3.63) is 52.8 Å². The fraction of sp³-hybridized carbons (Fsp3) is 0.182. The molecule has 0 aliphatic heterocycles. The summed E-state index contributed by atoms with van der Waals surface area (Å²) in [6, 6.07) is 4.63. The number of nitrogens with zero attached hydrogens (tertiary/aromatic N) is 2. The van der Waals surface area contributed by atoms with Crippen LogP contribution < -0.4 is 0 Å². The summed E-state index contributed by atoms with van der Waals surface area (Å²) in [5, 5.41) is 0.397. The zero-order valence-electron chi connectivity index (χ0n) is 8.33. The van der Waals surface area contributed by atoms with Gasteiger partial charge in [-0.05, 0) is 12.1 Å². The van der Waals surface area contributed by atoms with Crippen LogP contribution in [-0.4, -0.2) is 9.55 Å². The van der Waals surface area contributed by atoms with E-state index in [-0.39, 0.29) is 5.82 Å². The van der Waals surface area contributed by atoms with Crippen LogP contribution >= 0.6 is 23.2 Å². The van der Waals surface area contributed by atoms with Crippen LogP contribution in [0, 0.1) is 5.82 Å². The summed E-state index contributed by atoms with van der Waals surface area (Å²) < 4.78 is 15.3. The zero-order chi connectivity index (χ0) is 11.5. The smallest absolute Gasteiger partial charge is 0.129 e. The summed E-state index contributed by atoms with van der Waals surface area (Å²) in [4.78, 5) is 4.06. The number of rotatable bonds is 3. The molecular weight excluding hydrogens is 250 g/mol. The van der Waals surface area contributed by atoms with Gasteiger partial charge in [0.05, 0.1) is 24.4 Å². The van der Waals surface area contributed by atoms with Gasteiger partial charge in [0.2, 0.25) is 0 Å². The maximum absolute atomic E-state index is 13.5. The molecule has 0 spiro atoms. The van der Waals surface area contributed by atoms with Gasteiger partial charge in [-0.2, -0.15) is 0 Å². The molecule has 0 saturated carbocycles. The normalized spacial score (nSPS) is 10.7. The van der Waals surface area contributed by atoms with Crippen molar-refractivity contribution in [1.82, 2.24) is 9.55 Å². The van der Waals surface area contributed by atoms with Crippen LogP contribution in [0.25, 0.3) is 0 Å². The van der Waals surface area contributed by atoms with Gasteiger partial charge in [0, 0.05) is 16.8 Å². The van der Waals surface area contributed by atoms with Gasteiger partial charge in [-0.1, -0.05) is 17.7 Å². The minimum atomic E-state index is -0.311. The van der Waals surface area contributed by atoms with Crippen LogP contribution in [0.1, 0.15) is 11.3 Å². The van der Waals surface area contributed by atoms with Gasteiger partial charge in [-0.25, -0.2) is 9.37 Å². The third-order valence-corrected chi connectivity index (χ3v) is 2.70. The van der Waals surface area contributed by atoms with Gasteiger partial charge in [0.25, 0.3) is 0 Å². The van der Waals surface area contributed by atoms with E-state index in [1.165, 1.54) is 6.07 Å². The lowest BCUT2D eigenvalue weighted by atomic mass is 10.2. The van der Waals surface area contributed by atoms with E-state index in [1.54, 1.807) is 29.2 Å². The third kappa shape index (κ3) is 2.54. The van der Waals surface area contributed by atoms with Crippen LogP contribution in [0.4, 0.5) is 4.39 Å². The minimum Gasteiger partial charge on any atom is -0.333 e. The first-order valence-electron chi connectivity index (χ1n) is 4.69. The fourth-order valence-electron chi connectivity index (χ4n) is 1.41. The number of hydrogen-bond acceptors (Lipinski definition) is 1. The molecule has 0 unspecified atom stereocenters. The first kappa shape index (κ1) is 11.4. The Morgan fingerprint density at radius 3 is 2.81 bits per heavy atom. The van der Waals surface area contributed by atoms with Crippen molar-refractivity contribution in [1.29, 1.82) is 0 Å². The van der Waals surface area contributed by atoms with Crippen molar-refractivity contribution in [3.8, 4) is 0 Å². The Labute approximate surface area is 103 Å². The van der Waals surface area contributed by atoms with Gasteiger partial charge in [-0.15, -0.1) is 11.6 Å². The number of hydrogen-bond donors (Lipinski definition) is 0. The van der Waals surface area contributed by atoms with Crippen LogP contribution in [0.2, 0.25) is 5.02 Å². The standard InChI is InChI=1S/C11H9Cl2FN2/c12-4-10-6-16(7-15-10)5-8-1-2-9(13)3-11(8)14/h1-3,6-7H,4-5H2. The molecule has 0 amide bonds. The molecule has 0 N–H and O–H groups in total. The summed E-state index contributed by atoms with van der Waals surface area (Å²) in [5.41, 5.74) is 1.35. The van der Waals surface area contributed by atoms with Crippen molar-refractivity contribution in [3.63, 3.8) is 0 Å². The quantitative estimate of drug-likeness (QED) is 0.772. The summed E-state index contributed by atoms with van der Waals surface area (Å²) in [5.74, 6) is 0.0458. The van der Waals surface area contributed by atoms with E-state index in [0.717, 1.165) is 5.69 Å². The average molecular weight is 259 g/mol. The monoisotopic (exact) mass is 258 g/mol. The van der Waals surface area contributed by atoms with E-state index < -0.39 is 0 Å². The van der Waals surface area contributed by atoms with Crippen LogP contribution in [0.5, 0.6) is 0 Å². The first-order chi connectivity index (χ1) is 7.69. The molecule has 1 aromatic heterocycles. The molecule has 0 aliphatic carbocycles. The highest BCUT2D eigenvalue weighted by molar-refractivity contribution is 6.30. The van der Waals surface area contributed by atoms with Crippen molar-refractivity contribution in [2.45, 2.75) is 12.4 Å². The topological polar surface area (TPSA) is 17.8 Å². The molecule has 0 atom stereocenters. The molecule has 2 aromatic rings. The second-order valence-corrected chi connectivity index (χ2v) is 4.11. The van der Waals surface area contributed by atoms with Gasteiger partial charge in [0.15, 0.2) is 0 Å². The number of imidazole rings is 1. The second kappa shape index (κ2) is 4.85. The van der Waals surface area contributed by atoms with Gasteiger partial charge in [-0.3, -0.25) is 0 Å². The molecule has 0 bridgehead atoms. The lowest BCUT2D eigenvalue weighted by Crippen LogP contribution is -1.99. The van der Waals surface area contributed by atoms with Crippen molar-refractivity contribution in [2.75, 3.05) is 0 Å². The van der Waals surface area contributed by atoms with E-state index in [4.69, 9.17) is 23.2 Å². The third-order valence-electron chi connectivity index (χ3n) is 2.19. The molecule has 2 nitrogen and oxygen atoms in total. The second-order valence-electron chi connectivity index (χ2n) is 3.41. The summed E-state index contributed by atoms with van der Waals surface area (Å²) in [7, 11) is 0. The van der Waals surface area contributed by atoms with Crippen LogP contribution in [0.15, 0.2) is 30.7 Å². The minimum absolute atomic E-state index is 0.311. The van der Waals surface area contributed by atoms with E-state index >= 15 is 0 Å². The number of alkyl halides is 1. The molecule has 1 heterocycles. The maximum atomic E-state index is 13.5.